The number of hydrogen-bond acceptors (Lipinski definition) is 6. The first-order valence-corrected chi connectivity index (χ1v) is 9.83. The van der Waals surface area contributed by atoms with Gasteiger partial charge in [0.15, 0.2) is 17.5 Å². The van der Waals surface area contributed by atoms with Gasteiger partial charge in [-0.15, -0.1) is 0 Å². The van der Waals surface area contributed by atoms with E-state index in [2.05, 4.69) is 0 Å². The maximum atomic E-state index is 13.4. The van der Waals surface area contributed by atoms with Crippen molar-refractivity contribution in [2.75, 3.05) is 6.61 Å². The molecule has 5 aliphatic rings. The summed E-state index contributed by atoms with van der Waals surface area (Å²) >= 11 is 0. The van der Waals surface area contributed by atoms with Gasteiger partial charge in [0.25, 0.3) is 0 Å². The van der Waals surface area contributed by atoms with Crippen LogP contribution in [0.2, 0.25) is 0 Å². The Morgan fingerprint density at radius 3 is 2.46 bits per heavy atom. The van der Waals surface area contributed by atoms with Crippen molar-refractivity contribution in [1.82, 2.24) is 0 Å². The topological polar surface area (TPSA) is 104 Å². The molecular formula is C20H28O6. The first-order valence-electron chi connectivity index (χ1n) is 9.83. The molecule has 144 valence electrons. The summed E-state index contributed by atoms with van der Waals surface area (Å²) in [6.45, 7) is 5.80. The van der Waals surface area contributed by atoms with Crippen LogP contribution in [0.25, 0.3) is 0 Å². The smallest absolute Gasteiger partial charge is 0.316 e. The Kier molecular flexibility index (Phi) is 2.88. The van der Waals surface area contributed by atoms with Crippen LogP contribution in [0.5, 0.6) is 0 Å². The van der Waals surface area contributed by atoms with Gasteiger partial charge in [-0.05, 0) is 42.4 Å². The maximum Gasteiger partial charge on any atom is 0.316 e. The van der Waals surface area contributed by atoms with Crippen LogP contribution in [0, 0.1) is 34.0 Å². The van der Waals surface area contributed by atoms with Gasteiger partial charge in [-0.25, -0.2) is 0 Å². The number of aliphatic hydroxyl groups is 3. The summed E-state index contributed by atoms with van der Waals surface area (Å²) in [5.74, 6) is -2.17. The molecule has 0 amide bonds. The van der Waals surface area contributed by atoms with E-state index in [4.69, 9.17) is 4.74 Å². The molecule has 3 N–H and O–H groups in total. The van der Waals surface area contributed by atoms with E-state index in [1.807, 2.05) is 20.8 Å². The van der Waals surface area contributed by atoms with E-state index >= 15 is 0 Å². The summed E-state index contributed by atoms with van der Waals surface area (Å²) in [4.78, 5) is 26.7. The highest BCUT2D eigenvalue weighted by molar-refractivity contribution is 6.00. The number of fused-ring (bicyclic) bond motifs is 1. The molecule has 1 spiro atoms. The summed E-state index contributed by atoms with van der Waals surface area (Å²) in [7, 11) is 0. The lowest BCUT2D eigenvalue weighted by molar-refractivity contribution is -0.259. The molecule has 4 saturated carbocycles. The molecule has 0 radical (unpaired) electrons. The quantitative estimate of drug-likeness (QED) is 0.595. The standard InChI is InChI=1S/C20H28O6/c1-16(2)5-4-6-18-13(16)11(22)14(23)20(26-15(18)24)12-10(9-21)17(12,3)7-8-19(18,20)25/h10,12-14,21,23,25H,4-9H2,1-3H3/t10-,12-,13-,14?,17+,18-,19-,20-/m0/s1. The van der Waals surface area contributed by atoms with Crippen LogP contribution >= 0.6 is 0 Å². The van der Waals surface area contributed by atoms with Crippen molar-refractivity contribution >= 4 is 11.8 Å². The van der Waals surface area contributed by atoms with E-state index in [0.717, 1.165) is 12.8 Å². The molecule has 6 nitrogen and oxygen atoms in total. The molecular weight excluding hydrogens is 336 g/mol. The molecule has 4 aliphatic carbocycles. The normalized spacial score (nSPS) is 59.2. The molecule has 5 rings (SSSR count). The van der Waals surface area contributed by atoms with Gasteiger partial charge >= 0.3 is 5.97 Å². The number of ether oxygens (including phenoxy) is 1. The molecule has 1 saturated heterocycles. The van der Waals surface area contributed by atoms with Crippen LogP contribution in [0.1, 0.15) is 52.9 Å². The minimum Gasteiger partial charge on any atom is -0.452 e. The molecule has 8 atom stereocenters. The van der Waals surface area contributed by atoms with Gasteiger partial charge in [0.05, 0.1) is 0 Å². The van der Waals surface area contributed by atoms with Gasteiger partial charge in [-0.2, -0.15) is 0 Å². The zero-order chi connectivity index (χ0) is 18.9. The first kappa shape index (κ1) is 17.1. The highest BCUT2D eigenvalue weighted by atomic mass is 16.6. The second-order valence-electron chi connectivity index (χ2n) is 10.4. The predicted octanol–water partition coefficient (Wildman–Crippen LogP) is 0.808. The van der Waals surface area contributed by atoms with Gasteiger partial charge in [-0.3, -0.25) is 9.59 Å². The lowest BCUT2D eigenvalue weighted by Gasteiger charge is -2.61. The third kappa shape index (κ3) is 1.35. The van der Waals surface area contributed by atoms with Crippen molar-refractivity contribution in [1.29, 1.82) is 0 Å². The fourth-order valence-electron chi connectivity index (χ4n) is 8.03. The van der Waals surface area contributed by atoms with E-state index in [1.54, 1.807) is 0 Å². The second-order valence-corrected chi connectivity index (χ2v) is 10.4. The third-order valence-corrected chi connectivity index (χ3v) is 9.17. The maximum absolute atomic E-state index is 13.4. The molecule has 2 bridgehead atoms. The van der Waals surface area contributed by atoms with Crippen LogP contribution in [0.4, 0.5) is 0 Å². The second kappa shape index (κ2) is 4.36. The number of esters is 1. The average Bonchev–Trinajstić information content (AvgIpc) is 3.15. The van der Waals surface area contributed by atoms with E-state index in [1.165, 1.54) is 0 Å². The van der Waals surface area contributed by atoms with E-state index in [-0.39, 0.29) is 29.6 Å². The van der Waals surface area contributed by atoms with Crippen LogP contribution < -0.4 is 0 Å². The predicted molar refractivity (Wildman–Crippen MR) is 89.7 cm³/mol. The third-order valence-electron chi connectivity index (χ3n) is 9.17. The number of aliphatic hydroxyl groups excluding tert-OH is 2. The van der Waals surface area contributed by atoms with Crippen LogP contribution in [-0.4, -0.2) is 51.0 Å². The van der Waals surface area contributed by atoms with Gasteiger partial charge in [-0.1, -0.05) is 27.2 Å². The SMILES string of the molecule is CC1(C)CCC[C@@]23C(=O)O[C@]4(C(O)C(=O)[C@@H]12)[C@H]1[C@H](CO)[C@@]1(C)CC[C@@]43O. The first-order chi connectivity index (χ1) is 12.0. The highest BCUT2D eigenvalue weighted by Gasteiger charge is 2.93. The lowest BCUT2D eigenvalue weighted by atomic mass is 9.41. The van der Waals surface area contributed by atoms with Crippen LogP contribution in [0.3, 0.4) is 0 Å². The number of hydrogen-bond donors (Lipinski definition) is 3. The Morgan fingerprint density at radius 2 is 1.81 bits per heavy atom. The average molecular weight is 364 g/mol. The lowest BCUT2D eigenvalue weighted by Crippen LogP contribution is -2.77. The number of rotatable bonds is 1. The molecule has 5 fully saturated rings. The van der Waals surface area contributed by atoms with Crippen LogP contribution in [0.15, 0.2) is 0 Å². The minimum atomic E-state index is -1.61. The molecule has 26 heavy (non-hydrogen) atoms. The van der Waals surface area contributed by atoms with Crippen molar-refractivity contribution in [2.24, 2.45) is 34.0 Å². The zero-order valence-corrected chi connectivity index (χ0v) is 15.6. The van der Waals surface area contributed by atoms with E-state index in [9.17, 15) is 24.9 Å². The summed E-state index contributed by atoms with van der Waals surface area (Å²) < 4.78 is 5.90. The Hall–Kier alpha value is -0.980. The fraction of sp³-hybridized carbons (Fsp3) is 0.900. The van der Waals surface area contributed by atoms with Gasteiger partial charge in [0.1, 0.15) is 11.0 Å². The highest BCUT2D eigenvalue weighted by Crippen LogP contribution is 2.80. The minimum absolute atomic E-state index is 0.0978. The summed E-state index contributed by atoms with van der Waals surface area (Å²) in [5.41, 5.74) is -5.23. The molecule has 0 aromatic carbocycles. The zero-order valence-electron chi connectivity index (χ0n) is 15.6. The van der Waals surface area contributed by atoms with Crippen molar-refractivity contribution in [3.8, 4) is 0 Å². The largest absolute Gasteiger partial charge is 0.452 e. The van der Waals surface area contributed by atoms with Crippen molar-refractivity contribution in [3.05, 3.63) is 0 Å². The van der Waals surface area contributed by atoms with E-state index < -0.39 is 40.0 Å². The summed E-state index contributed by atoms with van der Waals surface area (Å²) in [6.07, 6.45) is 1.38. The molecule has 1 unspecified atom stereocenters. The Morgan fingerprint density at radius 1 is 1.12 bits per heavy atom. The van der Waals surface area contributed by atoms with Gasteiger partial charge in [0, 0.05) is 18.4 Å². The Bertz CT molecular complexity index is 732. The number of carbonyl (C=O) groups is 2. The number of ketones is 1. The Labute approximate surface area is 152 Å². The Balaban J connectivity index is 1.78. The summed E-state index contributed by atoms with van der Waals surface area (Å²) in [5, 5.41) is 33.0. The van der Waals surface area contributed by atoms with Crippen LogP contribution in [-0.2, 0) is 14.3 Å². The molecule has 1 aliphatic heterocycles. The summed E-state index contributed by atoms with van der Waals surface area (Å²) in [6, 6.07) is 0. The number of carbonyl (C=O) groups excluding carboxylic acids is 2. The van der Waals surface area contributed by atoms with Gasteiger partial charge in [0.2, 0.25) is 0 Å². The molecule has 6 heteroatoms. The van der Waals surface area contributed by atoms with Crippen molar-refractivity contribution < 1.29 is 29.6 Å². The van der Waals surface area contributed by atoms with Crippen molar-refractivity contribution in [3.63, 3.8) is 0 Å². The number of Topliss-reactive ketones (excluding diaryl/α,β-unsaturated/α-hetero) is 1. The van der Waals surface area contributed by atoms with Gasteiger partial charge < -0.3 is 20.1 Å². The molecule has 1 heterocycles. The van der Waals surface area contributed by atoms with Crippen molar-refractivity contribution in [2.45, 2.75) is 70.2 Å². The fourth-order valence-corrected chi connectivity index (χ4v) is 8.03. The molecule has 0 aromatic rings. The van der Waals surface area contributed by atoms with E-state index in [0.29, 0.717) is 19.3 Å². The monoisotopic (exact) mass is 364 g/mol. The molecule has 0 aromatic heterocycles.